The van der Waals surface area contributed by atoms with E-state index in [2.05, 4.69) is 41.1 Å². The smallest absolute Gasteiger partial charge is 0.242 e. The Labute approximate surface area is 122 Å². The molecule has 1 N–H and O–H groups in total. The van der Waals surface area contributed by atoms with Crippen LogP contribution in [0.1, 0.15) is 0 Å². The molecule has 0 aliphatic rings. The van der Waals surface area contributed by atoms with Gasteiger partial charge in [0, 0.05) is 22.3 Å². The maximum Gasteiger partial charge on any atom is 0.242 e. The molecular weight excluding hydrogens is 339 g/mol. The van der Waals surface area contributed by atoms with Crippen LogP contribution in [0.25, 0.3) is 0 Å². The zero-order valence-electron chi connectivity index (χ0n) is 10.2. The van der Waals surface area contributed by atoms with Gasteiger partial charge in [-0.15, -0.1) is 13.2 Å². The lowest BCUT2D eigenvalue weighted by Gasteiger charge is -2.19. The predicted molar refractivity (Wildman–Crippen MR) is 84.6 cm³/mol. The van der Waals surface area contributed by atoms with E-state index in [1.54, 1.807) is 17.1 Å². The van der Waals surface area contributed by atoms with Crippen molar-refractivity contribution in [1.29, 1.82) is 0 Å². The van der Waals surface area contributed by atoms with Crippen LogP contribution >= 0.6 is 22.6 Å². The molecule has 0 fully saturated rings. The van der Waals surface area contributed by atoms with E-state index in [0.29, 0.717) is 13.1 Å². The van der Waals surface area contributed by atoms with Gasteiger partial charge in [0.15, 0.2) is 0 Å². The Morgan fingerprint density at radius 3 is 2.28 bits per heavy atom. The van der Waals surface area contributed by atoms with Crippen LogP contribution in [0.15, 0.2) is 49.6 Å². The molecule has 0 heterocycles. The van der Waals surface area contributed by atoms with Crippen molar-refractivity contribution < 1.29 is 4.79 Å². The topological polar surface area (TPSA) is 32.3 Å². The van der Waals surface area contributed by atoms with Crippen molar-refractivity contribution in [3.8, 4) is 0 Å². The van der Waals surface area contributed by atoms with E-state index in [9.17, 15) is 4.79 Å². The zero-order valence-corrected chi connectivity index (χ0v) is 12.4. The van der Waals surface area contributed by atoms with Crippen molar-refractivity contribution >= 4 is 34.2 Å². The summed E-state index contributed by atoms with van der Waals surface area (Å²) in [5.74, 6) is 0.0355. The number of rotatable bonds is 7. The monoisotopic (exact) mass is 356 g/mol. The van der Waals surface area contributed by atoms with Gasteiger partial charge in [0.05, 0.1) is 6.54 Å². The number of hydrogen-bond acceptors (Lipinski definition) is 2. The van der Waals surface area contributed by atoms with Gasteiger partial charge in [0.1, 0.15) is 0 Å². The molecule has 0 unspecified atom stereocenters. The number of amides is 1. The highest BCUT2D eigenvalue weighted by Crippen LogP contribution is 2.10. The van der Waals surface area contributed by atoms with Crippen molar-refractivity contribution in [3.05, 3.63) is 53.1 Å². The number of benzene rings is 1. The van der Waals surface area contributed by atoms with Gasteiger partial charge >= 0.3 is 0 Å². The van der Waals surface area contributed by atoms with Gasteiger partial charge in [-0.2, -0.15) is 0 Å². The minimum atomic E-state index is 0.0355. The number of nitrogens with one attached hydrogen (secondary N) is 1. The van der Waals surface area contributed by atoms with Crippen LogP contribution in [0.2, 0.25) is 0 Å². The van der Waals surface area contributed by atoms with E-state index < -0.39 is 0 Å². The van der Waals surface area contributed by atoms with Gasteiger partial charge in [-0.3, -0.25) is 4.79 Å². The molecule has 1 aromatic rings. The summed E-state index contributed by atoms with van der Waals surface area (Å²) in [5.41, 5.74) is 0.945. The molecule has 0 atom stereocenters. The van der Waals surface area contributed by atoms with E-state index in [0.717, 1.165) is 5.69 Å². The van der Waals surface area contributed by atoms with Gasteiger partial charge < -0.3 is 10.2 Å². The Hall–Kier alpha value is -1.30. The van der Waals surface area contributed by atoms with Crippen LogP contribution < -0.4 is 5.32 Å². The lowest BCUT2D eigenvalue weighted by atomic mass is 10.3. The molecule has 3 nitrogen and oxygen atoms in total. The fraction of sp³-hybridized carbons (Fsp3) is 0.214. The Morgan fingerprint density at radius 1 is 1.22 bits per heavy atom. The minimum Gasteiger partial charge on any atom is -0.376 e. The van der Waals surface area contributed by atoms with Crippen molar-refractivity contribution in [2.24, 2.45) is 0 Å². The molecule has 0 aromatic heterocycles. The van der Waals surface area contributed by atoms with E-state index >= 15 is 0 Å². The van der Waals surface area contributed by atoms with Crippen molar-refractivity contribution in [2.45, 2.75) is 0 Å². The highest BCUT2D eigenvalue weighted by molar-refractivity contribution is 14.1. The van der Waals surface area contributed by atoms with E-state index in [1.807, 2.05) is 24.3 Å². The van der Waals surface area contributed by atoms with E-state index in [1.165, 1.54) is 3.57 Å². The first-order chi connectivity index (χ1) is 8.67. The van der Waals surface area contributed by atoms with Crippen molar-refractivity contribution in [3.63, 3.8) is 0 Å². The zero-order chi connectivity index (χ0) is 13.4. The fourth-order valence-electron chi connectivity index (χ4n) is 1.45. The SMILES string of the molecule is C=CCN(CC=C)C(=O)CNc1ccc(I)cc1. The van der Waals surface area contributed by atoms with Crippen LogP contribution in [0.3, 0.4) is 0 Å². The molecule has 18 heavy (non-hydrogen) atoms. The molecule has 0 saturated heterocycles. The number of carbonyl (C=O) groups excluding carboxylic acids is 1. The molecule has 1 amide bonds. The Bertz CT molecular complexity index is 404. The molecule has 4 heteroatoms. The molecule has 0 aliphatic carbocycles. The third-order valence-corrected chi connectivity index (χ3v) is 3.06. The van der Waals surface area contributed by atoms with Crippen LogP contribution in [0.4, 0.5) is 5.69 Å². The largest absolute Gasteiger partial charge is 0.376 e. The first kappa shape index (κ1) is 14.8. The third-order valence-electron chi connectivity index (χ3n) is 2.34. The molecular formula is C14H17IN2O. The molecule has 0 saturated carbocycles. The second-order valence-electron chi connectivity index (χ2n) is 3.74. The Balaban J connectivity index is 2.50. The highest BCUT2D eigenvalue weighted by Gasteiger charge is 2.09. The quantitative estimate of drug-likeness (QED) is 0.602. The second kappa shape index (κ2) is 7.92. The van der Waals surface area contributed by atoms with Gasteiger partial charge in [-0.1, -0.05) is 12.2 Å². The number of nitrogens with zero attached hydrogens (tertiary/aromatic N) is 1. The Kier molecular flexibility index (Phi) is 6.49. The third kappa shape index (κ3) is 4.91. The molecule has 0 aliphatic heterocycles. The summed E-state index contributed by atoms with van der Waals surface area (Å²) < 4.78 is 1.17. The van der Waals surface area contributed by atoms with E-state index in [-0.39, 0.29) is 12.5 Å². The van der Waals surface area contributed by atoms with Crippen LogP contribution in [0, 0.1) is 3.57 Å². The number of hydrogen-bond donors (Lipinski definition) is 1. The molecule has 0 spiro atoms. The normalized spacial score (nSPS) is 9.61. The van der Waals surface area contributed by atoms with E-state index in [4.69, 9.17) is 0 Å². The van der Waals surface area contributed by atoms with Crippen molar-refractivity contribution in [2.75, 3.05) is 25.0 Å². The summed E-state index contributed by atoms with van der Waals surface area (Å²) in [7, 11) is 0. The summed E-state index contributed by atoms with van der Waals surface area (Å²) in [4.78, 5) is 13.6. The minimum absolute atomic E-state index is 0.0355. The number of halogens is 1. The van der Waals surface area contributed by atoms with Gasteiger partial charge in [-0.25, -0.2) is 0 Å². The van der Waals surface area contributed by atoms with Crippen LogP contribution in [0.5, 0.6) is 0 Å². The van der Waals surface area contributed by atoms with Gasteiger partial charge in [0.25, 0.3) is 0 Å². The van der Waals surface area contributed by atoms with Crippen LogP contribution in [-0.2, 0) is 4.79 Å². The molecule has 0 radical (unpaired) electrons. The molecule has 96 valence electrons. The summed E-state index contributed by atoms with van der Waals surface area (Å²) in [6.07, 6.45) is 3.43. The van der Waals surface area contributed by atoms with Crippen molar-refractivity contribution in [1.82, 2.24) is 4.90 Å². The summed E-state index contributed by atoms with van der Waals surface area (Å²) >= 11 is 2.25. The highest BCUT2D eigenvalue weighted by atomic mass is 127. The van der Waals surface area contributed by atoms with Crippen LogP contribution in [-0.4, -0.2) is 30.4 Å². The maximum atomic E-state index is 11.9. The average Bonchev–Trinajstić information content (AvgIpc) is 2.37. The average molecular weight is 356 g/mol. The van der Waals surface area contributed by atoms with Gasteiger partial charge in [0.2, 0.25) is 5.91 Å². The van der Waals surface area contributed by atoms with Gasteiger partial charge in [-0.05, 0) is 46.9 Å². The summed E-state index contributed by atoms with van der Waals surface area (Å²) in [6.45, 7) is 8.65. The molecule has 0 bridgehead atoms. The predicted octanol–water partition coefficient (Wildman–Crippen LogP) is 2.90. The molecule has 1 rings (SSSR count). The number of carbonyl (C=O) groups is 1. The fourth-order valence-corrected chi connectivity index (χ4v) is 1.81. The first-order valence-corrected chi connectivity index (χ1v) is 6.74. The lowest BCUT2D eigenvalue weighted by Crippen LogP contribution is -2.35. The lowest BCUT2D eigenvalue weighted by molar-refractivity contribution is -0.128. The number of anilines is 1. The Morgan fingerprint density at radius 2 is 1.78 bits per heavy atom. The summed E-state index contributed by atoms with van der Waals surface area (Å²) in [6, 6.07) is 7.91. The first-order valence-electron chi connectivity index (χ1n) is 5.66. The second-order valence-corrected chi connectivity index (χ2v) is 4.98. The molecule has 1 aromatic carbocycles. The maximum absolute atomic E-state index is 11.9. The standard InChI is InChI=1S/C14H17IN2O/c1-3-9-17(10-4-2)14(18)11-16-13-7-5-12(15)6-8-13/h3-8,16H,1-2,9-11H2. The summed E-state index contributed by atoms with van der Waals surface area (Å²) in [5, 5.41) is 3.11.